The molecule has 0 aliphatic heterocycles. The number of nitrogens with zero attached hydrogens (tertiary/aromatic N) is 2. The second kappa shape index (κ2) is 5.59. The van der Waals surface area contributed by atoms with Crippen LogP contribution < -0.4 is 0 Å². The molecule has 0 bridgehead atoms. The number of hydrogen-bond donors (Lipinski definition) is 0. The Balaban J connectivity index is 2.92. The van der Waals surface area contributed by atoms with Crippen molar-refractivity contribution in [2.75, 3.05) is 7.11 Å². The quantitative estimate of drug-likeness (QED) is 0.755. The molecule has 1 aromatic heterocycles. The summed E-state index contributed by atoms with van der Waals surface area (Å²) in [5, 5.41) is -0.0868. The fourth-order valence-corrected chi connectivity index (χ4v) is 2.20. The van der Waals surface area contributed by atoms with Crippen molar-refractivity contribution in [3.05, 3.63) is 12.0 Å². The molecule has 0 spiro atoms. The number of aromatic nitrogens is 2. The van der Waals surface area contributed by atoms with Crippen LogP contribution >= 0.6 is 10.7 Å². The van der Waals surface area contributed by atoms with Gasteiger partial charge < -0.3 is 9.30 Å². The molecule has 0 N–H and O–H groups in total. The molecule has 0 amide bonds. The number of rotatable bonds is 6. The van der Waals surface area contributed by atoms with E-state index >= 15 is 0 Å². The van der Waals surface area contributed by atoms with E-state index in [2.05, 4.69) is 4.98 Å². The molecule has 0 fully saturated rings. The molecule has 0 saturated heterocycles. The molecule has 5 nitrogen and oxygen atoms in total. The van der Waals surface area contributed by atoms with Gasteiger partial charge in [-0.05, 0) is 20.3 Å². The van der Waals surface area contributed by atoms with Gasteiger partial charge in [0.15, 0.2) is 5.03 Å². The highest BCUT2D eigenvalue weighted by molar-refractivity contribution is 8.13. The van der Waals surface area contributed by atoms with Crippen molar-refractivity contribution in [2.45, 2.75) is 50.8 Å². The maximum Gasteiger partial charge on any atom is 0.280 e. The summed E-state index contributed by atoms with van der Waals surface area (Å²) < 4.78 is 29.6. The summed E-state index contributed by atoms with van der Waals surface area (Å²) in [5.74, 6) is 0.709. The monoisotopic (exact) mass is 294 g/mol. The van der Waals surface area contributed by atoms with Gasteiger partial charge in [0.25, 0.3) is 9.05 Å². The number of halogens is 1. The molecule has 0 saturated carbocycles. The third kappa shape index (κ3) is 3.96. The van der Waals surface area contributed by atoms with Crippen LogP contribution in [0.2, 0.25) is 0 Å². The highest BCUT2D eigenvalue weighted by Gasteiger charge is 2.20. The molecule has 0 aromatic carbocycles. The van der Waals surface area contributed by atoms with E-state index in [1.807, 2.05) is 25.3 Å². The van der Waals surface area contributed by atoms with Gasteiger partial charge in [-0.2, -0.15) is 0 Å². The van der Waals surface area contributed by atoms with Crippen LogP contribution in [0.25, 0.3) is 0 Å². The van der Waals surface area contributed by atoms with Gasteiger partial charge in [-0.1, -0.05) is 6.92 Å². The third-order valence-corrected chi connectivity index (χ3v) is 4.08. The van der Waals surface area contributed by atoms with Crippen LogP contribution in [-0.2, 0) is 26.8 Å². The Labute approximate surface area is 113 Å². The number of ether oxygens (including phenoxy) is 1. The van der Waals surface area contributed by atoms with E-state index in [9.17, 15) is 8.42 Å². The minimum atomic E-state index is -3.76. The van der Waals surface area contributed by atoms with Gasteiger partial charge >= 0.3 is 0 Å². The summed E-state index contributed by atoms with van der Waals surface area (Å²) in [6.45, 7) is 6.53. The van der Waals surface area contributed by atoms with Gasteiger partial charge in [0, 0.05) is 37.0 Å². The Morgan fingerprint density at radius 1 is 1.50 bits per heavy atom. The molecule has 0 radical (unpaired) electrons. The van der Waals surface area contributed by atoms with Crippen molar-refractivity contribution in [3.63, 3.8) is 0 Å². The van der Waals surface area contributed by atoms with E-state index in [1.54, 1.807) is 7.11 Å². The lowest BCUT2D eigenvalue weighted by Crippen LogP contribution is -2.24. The molecule has 18 heavy (non-hydrogen) atoms. The van der Waals surface area contributed by atoms with Crippen LogP contribution in [0, 0.1) is 0 Å². The minimum Gasteiger partial charge on any atom is -0.379 e. The maximum atomic E-state index is 11.2. The molecule has 1 rings (SSSR count). The average molecular weight is 295 g/mol. The lowest BCUT2D eigenvalue weighted by Gasteiger charge is -2.23. The van der Waals surface area contributed by atoms with Crippen LogP contribution in [0.1, 0.15) is 33.0 Å². The molecular weight excluding hydrogens is 276 g/mol. The molecule has 104 valence electrons. The first-order chi connectivity index (χ1) is 8.19. The van der Waals surface area contributed by atoms with E-state index in [1.165, 1.54) is 6.20 Å². The smallest absolute Gasteiger partial charge is 0.280 e. The maximum absolute atomic E-state index is 11.2. The van der Waals surface area contributed by atoms with Gasteiger partial charge in [0.05, 0.1) is 5.60 Å². The standard InChI is InChI=1S/C11H19ClN2O3S/c1-5-9-13-10(18(12,15)16)8-14(9)7-6-11(2,3)17-4/h8H,5-7H2,1-4H3. The van der Waals surface area contributed by atoms with Gasteiger partial charge in [-0.3, -0.25) is 0 Å². The van der Waals surface area contributed by atoms with E-state index in [-0.39, 0.29) is 10.6 Å². The highest BCUT2D eigenvalue weighted by atomic mass is 35.7. The Bertz CT molecular complexity index is 508. The normalized spacial score (nSPS) is 12.9. The predicted molar refractivity (Wildman–Crippen MR) is 70.3 cm³/mol. The fraction of sp³-hybridized carbons (Fsp3) is 0.727. The third-order valence-electron chi connectivity index (χ3n) is 2.91. The van der Waals surface area contributed by atoms with Crippen molar-refractivity contribution in [1.82, 2.24) is 9.55 Å². The van der Waals surface area contributed by atoms with E-state index < -0.39 is 9.05 Å². The van der Waals surface area contributed by atoms with Crippen molar-refractivity contribution in [3.8, 4) is 0 Å². The zero-order valence-electron chi connectivity index (χ0n) is 11.1. The first-order valence-corrected chi connectivity index (χ1v) is 8.06. The number of hydrogen-bond acceptors (Lipinski definition) is 4. The predicted octanol–water partition coefficient (Wildman–Crippen LogP) is 2.19. The van der Waals surface area contributed by atoms with Crippen molar-refractivity contribution in [2.24, 2.45) is 0 Å². The topological polar surface area (TPSA) is 61.2 Å². The van der Waals surface area contributed by atoms with Gasteiger partial charge in [0.2, 0.25) is 0 Å². The van der Waals surface area contributed by atoms with Crippen LogP contribution in [0.4, 0.5) is 0 Å². The van der Waals surface area contributed by atoms with Crippen molar-refractivity contribution >= 4 is 19.7 Å². The zero-order valence-corrected chi connectivity index (χ0v) is 12.7. The molecule has 0 aliphatic rings. The lowest BCUT2D eigenvalue weighted by atomic mass is 10.1. The lowest BCUT2D eigenvalue weighted by molar-refractivity contribution is 0.0119. The molecule has 1 aromatic rings. The SMILES string of the molecule is CCc1nc(S(=O)(=O)Cl)cn1CCC(C)(C)OC. The number of imidazole rings is 1. The van der Waals surface area contributed by atoms with Crippen LogP contribution in [0.5, 0.6) is 0 Å². The minimum absolute atomic E-state index is 0.0868. The molecular formula is C11H19ClN2O3S. The summed E-state index contributed by atoms with van der Waals surface area (Å²) in [7, 11) is 3.18. The summed E-state index contributed by atoms with van der Waals surface area (Å²) >= 11 is 0. The summed E-state index contributed by atoms with van der Waals surface area (Å²) in [4.78, 5) is 4.03. The van der Waals surface area contributed by atoms with E-state index in [0.717, 1.165) is 6.42 Å². The zero-order chi connectivity index (χ0) is 14.0. The second-order valence-electron chi connectivity index (χ2n) is 4.69. The Morgan fingerprint density at radius 2 is 2.11 bits per heavy atom. The van der Waals surface area contributed by atoms with Crippen LogP contribution in [0.15, 0.2) is 11.2 Å². The van der Waals surface area contributed by atoms with E-state index in [0.29, 0.717) is 18.8 Å². The largest absolute Gasteiger partial charge is 0.379 e. The Morgan fingerprint density at radius 3 is 2.56 bits per heavy atom. The fourth-order valence-electron chi connectivity index (χ4n) is 1.51. The van der Waals surface area contributed by atoms with E-state index in [4.69, 9.17) is 15.4 Å². The second-order valence-corrected chi connectivity index (χ2v) is 7.21. The average Bonchev–Trinajstić information content (AvgIpc) is 2.69. The van der Waals surface area contributed by atoms with Gasteiger partial charge in [0.1, 0.15) is 5.82 Å². The van der Waals surface area contributed by atoms with Gasteiger partial charge in [-0.25, -0.2) is 13.4 Å². The van der Waals surface area contributed by atoms with Gasteiger partial charge in [-0.15, -0.1) is 0 Å². The number of methoxy groups -OCH3 is 1. The van der Waals surface area contributed by atoms with Crippen LogP contribution in [-0.4, -0.2) is 30.7 Å². The molecule has 1 heterocycles. The summed E-state index contributed by atoms with van der Waals surface area (Å²) in [5.41, 5.74) is -0.255. The number of aryl methyl sites for hydroxylation is 2. The highest BCUT2D eigenvalue weighted by Crippen LogP contribution is 2.18. The first kappa shape index (κ1) is 15.5. The first-order valence-electron chi connectivity index (χ1n) is 5.75. The summed E-state index contributed by atoms with van der Waals surface area (Å²) in [6.07, 6.45) is 2.89. The Hall–Kier alpha value is -0.590. The molecule has 0 atom stereocenters. The Kier molecular flexibility index (Phi) is 4.80. The molecule has 0 unspecified atom stereocenters. The summed E-state index contributed by atoms with van der Waals surface area (Å²) in [6, 6.07) is 0. The van der Waals surface area contributed by atoms with Crippen molar-refractivity contribution < 1.29 is 13.2 Å². The molecule has 7 heteroatoms. The van der Waals surface area contributed by atoms with Crippen molar-refractivity contribution in [1.29, 1.82) is 0 Å². The molecule has 0 aliphatic carbocycles. The van der Waals surface area contributed by atoms with Crippen LogP contribution in [0.3, 0.4) is 0 Å².